The first kappa shape index (κ1) is 15.3. The van der Waals surface area contributed by atoms with Gasteiger partial charge < -0.3 is 5.11 Å². The van der Waals surface area contributed by atoms with Gasteiger partial charge >= 0.3 is 0 Å². The molecule has 1 aromatic heterocycles. The molecule has 0 spiro atoms. The van der Waals surface area contributed by atoms with E-state index in [1.54, 1.807) is 12.3 Å². The van der Waals surface area contributed by atoms with Gasteiger partial charge in [0.1, 0.15) is 4.90 Å². The first-order valence-electron chi connectivity index (χ1n) is 6.19. The fraction of sp³-hybridized carbons (Fsp3) is 0.667. The second kappa shape index (κ2) is 5.73. The maximum Gasteiger partial charge on any atom is 0.242 e. The number of hydrogen-bond acceptors (Lipinski definition) is 5. The maximum absolute atomic E-state index is 12.4. The van der Waals surface area contributed by atoms with Gasteiger partial charge in [-0.1, -0.05) is 0 Å². The minimum absolute atomic E-state index is 0.00360. The number of nitrogens with one attached hydrogen (secondary N) is 1. The molecule has 7 heteroatoms. The number of aliphatic hydroxyl groups is 1. The van der Waals surface area contributed by atoms with Crippen molar-refractivity contribution in [3.63, 3.8) is 0 Å². The highest BCUT2D eigenvalue weighted by molar-refractivity contribution is 8.01. The van der Waals surface area contributed by atoms with Crippen molar-refractivity contribution in [2.45, 2.75) is 42.9 Å². The Hall–Kier alpha value is -0.0800. The lowest BCUT2D eigenvalue weighted by atomic mass is 10.1. The van der Waals surface area contributed by atoms with Crippen molar-refractivity contribution in [2.75, 3.05) is 12.3 Å². The zero-order valence-corrected chi connectivity index (χ0v) is 13.6. The lowest BCUT2D eigenvalue weighted by Crippen LogP contribution is -2.37. The van der Waals surface area contributed by atoms with Crippen molar-refractivity contribution in [3.05, 3.63) is 15.8 Å². The fourth-order valence-electron chi connectivity index (χ4n) is 2.25. The SMILES string of the molecule is Cc1csc(CO)c1S(=O)(=O)NCC1(C)CCCS1. The molecule has 1 aliphatic rings. The van der Waals surface area contributed by atoms with Gasteiger partial charge in [-0.25, -0.2) is 13.1 Å². The van der Waals surface area contributed by atoms with Crippen LogP contribution in [0.4, 0.5) is 0 Å². The quantitative estimate of drug-likeness (QED) is 0.872. The summed E-state index contributed by atoms with van der Waals surface area (Å²) in [6.07, 6.45) is 2.18. The minimum atomic E-state index is -3.53. The molecule has 108 valence electrons. The predicted molar refractivity (Wildman–Crippen MR) is 80.3 cm³/mol. The summed E-state index contributed by atoms with van der Waals surface area (Å²) in [5.74, 6) is 1.09. The van der Waals surface area contributed by atoms with Gasteiger partial charge in [0.25, 0.3) is 0 Å². The molecule has 0 saturated carbocycles. The molecule has 2 N–H and O–H groups in total. The van der Waals surface area contributed by atoms with E-state index < -0.39 is 10.0 Å². The average molecular weight is 321 g/mol. The van der Waals surface area contributed by atoms with Gasteiger partial charge in [-0.3, -0.25) is 0 Å². The lowest BCUT2D eigenvalue weighted by Gasteiger charge is -2.23. The second-order valence-electron chi connectivity index (χ2n) is 5.06. The van der Waals surface area contributed by atoms with Gasteiger partial charge in [0.05, 0.1) is 11.5 Å². The van der Waals surface area contributed by atoms with Crippen LogP contribution in [0.15, 0.2) is 10.3 Å². The van der Waals surface area contributed by atoms with Crippen LogP contribution in [0.5, 0.6) is 0 Å². The van der Waals surface area contributed by atoms with Crippen molar-refractivity contribution in [3.8, 4) is 0 Å². The summed E-state index contributed by atoms with van der Waals surface area (Å²) in [5, 5.41) is 11.0. The Kier molecular flexibility index (Phi) is 4.62. The number of aliphatic hydroxyl groups excluding tert-OH is 1. The molecule has 1 aromatic rings. The number of thiophene rings is 1. The predicted octanol–water partition coefficient (Wildman–Crippen LogP) is 2.11. The third-order valence-electron chi connectivity index (χ3n) is 3.34. The summed E-state index contributed by atoms with van der Waals surface area (Å²) in [7, 11) is -3.53. The van der Waals surface area contributed by atoms with E-state index >= 15 is 0 Å². The Labute approximate surface area is 122 Å². The van der Waals surface area contributed by atoms with E-state index in [1.165, 1.54) is 11.3 Å². The monoisotopic (exact) mass is 321 g/mol. The van der Waals surface area contributed by atoms with Crippen LogP contribution in [0, 0.1) is 6.92 Å². The fourth-order valence-corrected chi connectivity index (χ4v) is 6.42. The molecule has 1 atom stereocenters. The summed E-state index contributed by atoms with van der Waals surface area (Å²) >= 11 is 3.11. The molecule has 0 aromatic carbocycles. The lowest BCUT2D eigenvalue weighted by molar-refractivity contribution is 0.282. The van der Waals surface area contributed by atoms with Crippen LogP contribution >= 0.6 is 23.1 Å². The van der Waals surface area contributed by atoms with E-state index in [2.05, 4.69) is 11.6 Å². The highest BCUT2D eigenvalue weighted by Gasteiger charge is 2.32. The minimum Gasteiger partial charge on any atom is -0.391 e. The van der Waals surface area contributed by atoms with Crippen LogP contribution in [-0.2, 0) is 16.6 Å². The molecule has 1 saturated heterocycles. The van der Waals surface area contributed by atoms with E-state index in [-0.39, 0.29) is 16.2 Å². The molecule has 2 rings (SSSR count). The van der Waals surface area contributed by atoms with E-state index in [1.807, 2.05) is 11.8 Å². The molecule has 4 nitrogen and oxygen atoms in total. The molecular weight excluding hydrogens is 302 g/mol. The highest BCUT2D eigenvalue weighted by Crippen LogP contribution is 2.37. The summed E-state index contributed by atoms with van der Waals surface area (Å²) in [6, 6.07) is 0. The highest BCUT2D eigenvalue weighted by atomic mass is 32.2. The van der Waals surface area contributed by atoms with Crippen LogP contribution in [0.1, 0.15) is 30.2 Å². The molecule has 0 radical (unpaired) electrons. The van der Waals surface area contributed by atoms with Crippen LogP contribution in [0.25, 0.3) is 0 Å². The number of aryl methyl sites for hydroxylation is 1. The normalized spacial score (nSPS) is 23.9. The number of rotatable bonds is 5. The summed E-state index contributed by atoms with van der Waals surface area (Å²) in [6.45, 7) is 4.07. The van der Waals surface area contributed by atoms with Gasteiger partial charge in [0.2, 0.25) is 10.0 Å². The summed E-state index contributed by atoms with van der Waals surface area (Å²) in [5.41, 5.74) is 0.700. The van der Waals surface area contributed by atoms with Gasteiger partial charge in [0.15, 0.2) is 0 Å². The molecule has 1 fully saturated rings. The molecule has 0 amide bonds. The van der Waals surface area contributed by atoms with Crippen molar-refractivity contribution in [1.82, 2.24) is 4.72 Å². The number of sulfonamides is 1. The van der Waals surface area contributed by atoms with Crippen LogP contribution in [0.3, 0.4) is 0 Å². The average Bonchev–Trinajstić information content (AvgIpc) is 2.94. The molecule has 0 aliphatic carbocycles. The summed E-state index contributed by atoms with van der Waals surface area (Å²) in [4.78, 5) is 0.765. The largest absolute Gasteiger partial charge is 0.391 e. The molecule has 1 unspecified atom stereocenters. The number of thioether (sulfide) groups is 1. The van der Waals surface area contributed by atoms with Crippen LogP contribution in [0.2, 0.25) is 0 Å². The third kappa shape index (κ3) is 3.33. The molecule has 1 aliphatic heterocycles. The first-order chi connectivity index (χ1) is 8.88. The standard InChI is InChI=1S/C12H19NO3S3/c1-9-7-17-10(6-14)11(9)19(15,16)13-8-12(2)4-3-5-18-12/h7,13-14H,3-6,8H2,1-2H3. The van der Waals surface area contributed by atoms with Crippen LogP contribution in [-0.4, -0.2) is 30.6 Å². The Balaban J connectivity index is 2.16. The van der Waals surface area contributed by atoms with Gasteiger partial charge in [0, 0.05) is 11.3 Å². The van der Waals surface area contributed by atoms with E-state index in [4.69, 9.17) is 0 Å². The zero-order chi connectivity index (χ0) is 14.1. The van der Waals surface area contributed by atoms with Gasteiger partial charge in [-0.15, -0.1) is 11.3 Å². The van der Waals surface area contributed by atoms with Crippen molar-refractivity contribution >= 4 is 33.1 Å². The smallest absolute Gasteiger partial charge is 0.242 e. The van der Waals surface area contributed by atoms with E-state index in [0.29, 0.717) is 17.0 Å². The Morgan fingerprint density at radius 1 is 1.53 bits per heavy atom. The van der Waals surface area contributed by atoms with Gasteiger partial charge in [-0.05, 0) is 43.4 Å². The number of hydrogen-bond donors (Lipinski definition) is 2. The Morgan fingerprint density at radius 3 is 2.84 bits per heavy atom. The van der Waals surface area contributed by atoms with Crippen molar-refractivity contribution in [1.29, 1.82) is 0 Å². The van der Waals surface area contributed by atoms with E-state index in [0.717, 1.165) is 18.6 Å². The van der Waals surface area contributed by atoms with Crippen LogP contribution < -0.4 is 4.72 Å². The van der Waals surface area contributed by atoms with E-state index in [9.17, 15) is 13.5 Å². The summed E-state index contributed by atoms with van der Waals surface area (Å²) < 4.78 is 27.4. The third-order valence-corrected chi connectivity index (χ3v) is 7.73. The Morgan fingerprint density at radius 2 is 2.26 bits per heavy atom. The molecule has 19 heavy (non-hydrogen) atoms. The van der Waals surface area contributed by atoms with Gasteiger partial charge in [-0.2, -0.15) is 11.8 Å². The topological polar surface area (TPSA) is 66.4 Å². The molecule has 2 heterocycles. The van der Waals surface area contributed by atoms with Crippen molar-refractivity contribution in [2.24, 2.45) is 0 Å². The molecule has 0 bridgehead atoms. The van der Waals surface area contributed by atoms with Crippen molar-refractivity contribution < 1.29 is 13.5 Å². The Bertz CT molecular complexity index is 545. The second-order valence-corrected chi connectivity index (χ2v) is 9.41. The maximum atomic E-state index is 12.4. The first-order valence-corrected chi connectivity index (χ1v) is 9.54. The zero-order valence-electron chi connectivity index (χ0n) is 11.1. The molecular formula is C12H19NO3S3.